The minimum atomic E-state index is -0.800. The number of allylic oxidation sites excluding steroid dienone is 5. The molecule has 1 heterocycles. The van der Waals surface area contributed by atoms with Crippen LogP contribution in [-0.4, -0.2) is 16.1 Å². The third-order valence-corrected chi connectivity index (χ3v) is 3.40. The molecule has 1 aromatic rings. The summed E-state index contributed by atoms with van der Waals surface area (Å²) in [4.78, 5) is 15.2. The third kappa shape index (κ3) is 3.44. The number of carbonyl (C=O) groups is 1. The molecule has 0 bridgehead atoms. The van der Waals surface area contributed by atoms with Gasteiger partial charge in [-0.05, 0) is 48.6 Å². The van der Waals surface area contributed by atoms with Crippen molar-refractivity contribution in [3.05, 3.63) is 59.0 Å². The molecule has 1 aliphatic carbocycles. The molecule has 0 atom stereocenters. The Balaban J connectivity index is 2.48. The van der Waals surface area contributed by atoms with Crippen LogP contribution in [0.2, 0.25) is 0 Å². The van der Waals surface area contributed by atoms with Crippen LogP contribution in [0.4, 0.5) is 0 Å². The molecular weight excluding hydrogens is 250 g/mol. The van der Waals surface area contributed by atoms with Crippen molar-refractivity contribution in [2.75, 3.05) is 0 Å². The predicted molar refractivity (Wildman–Crippen MR) is 80.3 cm³/mol. The van der Waals surface area contributed by atoms with Crippen LogP contribution in [-0.2, 0) is 4.79 Å². The molecule has 3 nitrogen and oxygen atoms in total. The van der Waals surface area contributed by atoms with Gasteiger partial charge in [0.15, 0.2) is 0 Å². The van der Waals surface area contributed by atoms with Crippen molar-refractivity contribution in [2.24, 2.45) is 0 Å². The van der Waals surface area contributed by atoms with Gasteiger partial charge in [-0.1, -0.05) is 30.7 Å². The van der Waals surface area contributed by atoms with E-state index in [1.165, 1.54) is 5.57 Å². The Morgan fingerprint density at radius 2 is 2.25 bits per heavy atom. The summed E-state index contributed by atoms with van der Waals surface area (Å²) in [5.74, 6) is -0.800. The van der Waals surface area contributed by atoms with E-state index in [1.54, 1.807) is 6.20 Å². The monoisotopic (exact) mass is 269 g/mol. The summed E-state index contributed by atoms with van der Waals surface area (Å²) in [6, 6.07) is 4.03. The highest BCUT2D eigenvalue weighted by atomic mass is 16.4. The molecule has 0 aromatic carbocycles. The molecule has 1 N–H and O–H groups in total. The van der Waals surface area contributed by atoms with Crippen LogP contribution in [0.15, 0.2) is 47.7 Å². The molecule has 0 saturated carbocycles. The van der Waals surface area contributed by atoms with Crippen molar-refractivity contribution in [1.82, 2.24) is 4.98 Å². The number of nitrogens with zero attached hydrogens (tertiary/aromatic N) is 1. The fourth-order valence-electron chi connectivity index (χ4n) is 2.42. The van der Waals surface area contributed by atoms with Crippen LogP contribution in [0.1, 0.15) is 37.4 Å². The molecule has 0 spiro atoms. The maximum absolute atomic E-state index is 10.9. The molecule has 104 valence electrons. The third-order valence-electron chi connectivity index (χ3n) is 3.40. The number of carboxylic acid groups (broad SMARTS) is 1. The van der Waals surface area contributed by atoms with Crippen LogP contribution < -0.4 is 0 Å². The second kappa shape index (κ2) is 6.33. The summed E-state index contributed by atoms with van der Waals surface area (Å²) < 4.78 is 0. The molecule has 1 aliphatic rings. The van der Waals surface area contributed by atoms with Crippen molar-refractivity contribution in [2.45, 2.75) is 33.1 Å². The molecule has 0 fully saturated rings. The van der Waals surface area contributed by atoms with Gasteiger partial charge in [-0.3, -0.25) is 9.78 Å². The van der Waals surface area contributed by atoms with Crippen LogP contribution in [0, 0.1) is 6.92 Å². The number of rotatable bonds is 4. The van der Waals surface area contributed by atoms with Gasteiger partial charge in [-0.2, -0.15) is 0 Å². The van der Waals surface area contributed by atoms with Gasteiger partial charge < -0.3 is 5.11 Å². The largest absolute Gasteiger partial charge is 0.481 e. The molecule has 0 amide bonds. The summed E-state index contributed by atoms with van der Waals surface area (Å²) in [5, 5.41) is 8.98. The lowest BCUT2D eigenvalue weighted by Crippen LogP contribution is -1.96. The Morgan fingerprint density at radius 3 is 2.90 bits per heavy atom. The Bertz CT molecular complexity index is 609. The lowest BCUT2D eigenvalue weighted by atomic mass is 9.95. The number of hydrogen-bond acceptors (Lipinski definition) is 2. The van der Waals surface area contributed by atoms with E-state index < -0.39 is 5.97 Å². The van der Waals surface area contributed by atoms with E-state index in [9.17, 15) is 4.79 Å². The van der Waals surface area contributed by atoms with Gasteiger partial charge in [0.2, 0.25) is 0 Å². The van der Waals surface area contributed by atoms with E-state index >= 15 is 0 Å². The van der Waals surface area contributed by atoms with Crippen LogP contribution in [0.5, 0.6) is 0 Å². The maximum atomic E-state index is 10.9. The SMILES string of the molecule is CCC1=C(c2ccnc(C)c2)C=C(CC(=O)O)C=CC1. The summed E-state index contributed by atoms with van der Waals surface area (Å²) in [6.07, 6.45) is 9.66. The van der Waals surface area contributed by atoms with Gasteiger partial charge in [0.1, 0.15) is 0 Å². The zero-order valence-electron chi connectivity index (χ0n) is 11.9. The number of aromatic nitrogens is 1. The summed E-state index contributed by atoms with van der Waals surface area (Å²) in [5.41, 5.74) is 5.38. The molecule has 3 heteroatoms. The summed E-state index contributed by atoms with van der Waals surface area (Å²) in [6.45, 7) is 4.10. The number of aliphatic carboxylic acids is 1. The summed E-state index contributed by atoms with van der Waals surface area (Å²) in [7, 11) is 0. The number of carboxylic acids is 1. The van der Waals surface area contributed by atoms with Crippen LogP contribution in [0.3, 0.4) is 0 Å². The Kier molecular flexibility index (Phi) is 4.51. The molecule has 0 aliphatic heterocycles. The first kappa shape index (κ1) is 14.3. The summed E-state index contributed by atoms with van der Waals surface area (Å²) >= 11 is 0. The maximum Gasteiger partial charge on any atom is 0.307 e. The zero-order chi connectivity index (χ0) is 14.5. The lowest BCUT2D eigenvalue weighted by Gasteiger charge is -2.10. The van der Waals surface area contributed by atoms with E-state index in [1.807, 2.05) is 31.2 Å². The smallest absolute Gasteiger partial charge is 0.307 e. The predicted octanol–water partition coefficient (Wildman–Crippen LogP) is 3.91. The molecule has 0 unspecified atom stereocenters. The highest BCUT2D eigenvalue weighted by molar-refractivity contribution is 5.81. The topological polar surface area (TPSA) is 50.2 Å². The van der Waals surface area contributed by atoms with Crippen LogP contribution >= 0.6 is 0 Å². The number of pyridine rings is 1. The number of hydrogen-bond donors (Lipinski definition) is 1. The Labute approximate surface area is 119 Å². The van der Waals surface area contributed by atoms with E-state index in [4.69, 9.17) is 5.11 Å². The first-order valence-corrected chi connectivity index (χ1v) is 6.84. The molecule has 1 aromatic heterocycles. The first-order chi connectivity index (χ1) is 9.60. The van der Waals surface area contributed by atoms with Crippen molar-refractivity contribution in [3.63, 3.8) is 0 Å². The standard InChI is InChI=1S/C17H19NO2/c1-3-14-6-4-5-13(11-17(19)20)10-16(14)15-7-8-18-12(2)9-15/h4-5,7-10H,3,6,11H2,1-2H3,(H,19,20). The normalized spacial score (nSPS) is 15.0. The van der Waals surface area contributed by atoms with Crippen molar-refractivity contribution in [3.8, 4) is 0 Å². The second-order valence-corrected chi connectivity index (χ2v) is 4.95. The van der Waals surface area contributed by atoms with Crippen LogP contribution in [0.25, 0.3) is 5.57 Å². The lowest BCUT2D eigenvalue weighted by molar-refractivity contribution is -0.136. The van der Waals surface area contributed by atoms with Crippen molar-refractivity contribution < 1.29 is 9.90 Å². The van der Waals surface area contributed by atoms with E-state index in [2.05, 4.69) is 18.0 Å². The van der Waals surface area contributed by atoms with Gasteiger partial charge >= 0.3 is 5.97 Å². The first-order valence-electron chi connectivity index (χ1n) is 6.84. The molecule has 2 rings (SSSR count). The van der Waals surface area contributed by atoms with Crippen molar-refractivity contribution in [1.29, 1.82) is 0 Å². The average Bonchev–Trinajstić information content (AvgIpc) is 2.60. The molecule has 0 radical (unpaired) electrons. The minimum absolute atomic E-state index is 0.0566. The van der Waals surface area contributed by atoms with E-state index in [0.717, 1.165) is 35.2 Å². The average molecular weight is 269 g/mol. The van der Waals surface area contributed by atoms with Gasteiger partial charge in [0.05, 0.1) is 6.42 Å². The Morgan fingerprint density at radius 1 is 1.45 bits per heavy atom. The zero-order valence-corrected chi connectivity index (χ0v) is 11.9. The second-order valence-electron chi connectivity index (χ2n) is 4.95. The van der Waals surface area contributed by atoms with E-state index in [0.29, 0.717) is 0 Å². The quantitative estimate of drug-likeness (QED) is 0.901. The minimum Gasteiger partial charge on any atom is -0.481 e. The number of aryl methyl sites for hydroxylation is 1. The fourth-order valence-corrected chi connectivity index (χ4v) is 2.42. The van der Waals surface area contributed by atoms with E-state index in [-0.39, 0.29) is 6.42 Å². The highest BCUT2D eigenvalue weighted by Gasteiger charge is 2.11. The Hall–Kier alpha value is -2.16. The van der Waals surface area contributed by atoms with Gasteiger partial charge in [0, 0.05) is 11.9 Å². The fraction of sp³-hybridized carbons (Fsp3) is 0.294. The highest BCUT2D eigenvalue weighted by Crippen LogP contribution is 2.29. The van der Waals surface area contributed by atoms with Gasteiger partial charge in [-0.15, -0.1) is 0 Å². The van der Waals surface area contributed by atoms with Gasteiger partial charge in [0.25, 0.3) is 0 Å². The molecular formula is C17H19NO2. The molecule has 20 heavy (non-hydrogen) atoms. The molecule has 0 saturated heterocycles. The van der Waals surface area contributed by atoms with Gasteiger partial charge in [-0.25, -0.2) is 0 Å². The van der Waals surface area contributed by atoms with Crippen molar-refractivity contribution >= 4 is 11.5 Å².